The Kier molecular flexibility index (Phi) is 4.77. The average molecular weight is 265 g/mol. The maximum atomic E-state index is 14.1. The lowest BCUT2D eigenvalue weighted by atomic mass is 10.1. The van der Waals surface area contributed by atoms with E-state index in [-0.39, 0.29) is 11.9 Å². The average Bonchev–Trinajstić information content (AvgIpc) is 2.88. The summed E-state index contributed by atoms with van der Waals surface area (Å²) >= 11 is 0. The third-order valence-electron chi connectivity index (χ3n) is 3.86. The molecule has 0 unspecified atom stereocenters. The van der Waals surface area contributed by atoms with Gasteiger partial charge in [-0.3, -0.25) is 0 Å². The number of hydrogen-bond donors (Lipinski definition) is 1. The molecule has 1 atom stereocenters. The summed E-state index contributed by atoms with van der Waals surface area (Å²) in [6.45, 7) is 6.09. The summed E-state index contributed by atoms with van der Waals surface area (Å²) in [6.07, 6.45) is 2.59. The van der Waals surface area contributed by atoms with Crippen molar-refractivity contribution in [3.63, 3.8) is 0 Å². The third kappa shape index (κ3) is 3.67. The first kappa shape index (κ1) is 14.3. The summed E-state index contributed by atoms with van der Waals surface area (Å²) in [7, 11) is 1.94. The van der Waals surface area contributed by atoms with Gasteiger partial charge in [-0.1, -0.05) is 6.07 Å². The van der Waals surface area contributed by atoms with E-state index in [0.29, 0.717) is 5.69 Å². The Morgan fingerprint density at radius 2 is 2.05 bits per heavy atom. The van der Waals surface area contributed by atoms with E-state index in [1.165, 1.54) is 25.9 Å². The van der Waals surface area contributed by atoms with Crippen molar-refractivity contribution in [3.05, 3.63) is 29.6 Å². The molecule has 106 valence electrons. The van der Waals surface area contributed by atoms with Crippen LogP contribution in [0, 0.1) is 5.82 Å². The van der Waals surface area contributed by atoms with Gasteiger partial charge in [-0.05, 0) is 50.6 Å². The van der Waals surface area contributed by atoms with Crippen molar-refractivity contribution in [1.82, 2.24) is 4.90 Å². The lowest BCUT2D eigenvalue weighted by Crippen LogP contribution is -2.31. The smallest absolute Gasteiger partial charge is 0.146 e. The van der Waals surface area contributed by atoms with Crippen LogP contribution in [-0.2, 0) is 0 Å². The predicted octanol–water partition coefficient (Wildman–Crippen LogP) is 2.38. The van der Waals surface area contributed by atoms with Crippen molar-refractivity contribution in [3.8, 4) is 0 Å². The van der Waals surface area contributed by atoms with Crippen molar-refractivity contribution < 1.29 is 4.39 Å². The first-order valence-electron chi connectivity index (χ1n) is 7.06. The van der Waals surface area contributed by atoms with E-state index in [0.717, 1.165) is 18.7 Å². The van der Waals surface area contributed by atoms with Gasteiger partial charge in [0.25, 0.3) is 0 Å². The Morgan fingerprint density at radius 3 is 2.63 bits per heavy atom. The van der Waals surface area contributed by atoms with Gasteiger partial charge in [-0.15, -0.1) is 0 Å². The molecule has 1 aliphatic rings. The largest absolute Gasteiger partial charge is 0.371 e. The molecule has 3 nitrogen and oxygen atoms in total. The van der Waals surface area contributed by atoms with Gasteiger partial charge in [0, 0.05) is 26.2 Å². The van der Waals surface area contributed by atoms with E-state index in [4.69, 9.17) is 5.73 Å². The zero-order valence-corrected chi connectivity index (χ0v) is 11.9. The molecule has 0 bridgehead atoms. The van der Waals surface area contributed by atoms with Crippen molar-refractivity contribution >= 4 is 5.69 Å². The summed E-state index contributed by atoms with van der Waals surface area (Å²) in [5.74, 6) is -0.182. The van der Waals surface area contributed by atoms with Gasteiger partial charge in [0.05, 0.1) is 5.69 Å². The molecule has 0 aliphatic carbocycles. The van der Waals surface area contributed by atoms with Gasteiger partial charge in [0.1, 0.15) is 5.82 Å². The summed E-state index contributed by atoms with van der Waals surface area (Å²) in [5, 5.41) is 0. The highest BCUT2D eigenvalue weighted by molar-refractivity contribution is 5.48. The van der Waals surface area contributed by atoms with Crippen molar-refractivity contribution in [2.24, 2.45) is 5.73 Å². The molecular formula is C15H24FN3. The van der Waals surface area contributed by atoms with E-state index in [1.54, 1.807) is 6.07 Å². The molecule has 1 heterocycles. The molecular weight excluding hydrogens is 241 g/mol. The second-order valence-corrected chi connectivity index (χ2v) is 5.47. The first-order chi connectivity index (χ1) is 9.08. The minimum absolute atomic E-state index is 0.126. The predicted molar refractivity (Wildman–Crippen MR) is 77.9 cm³/mol. The minimum Gasteiger partial charge on any atom is -0.371 e. The molecule has 2 N–H and O–H groups in total. The van der Waals surface area contributed by atoms with E-state index in [9.17, 15) is 4.39 Å². The quantitative estimate of drug-likeness (QED) is 0.887. The molecule has 1 fully saturated rings. The lowest BCUT2D eigenvalue weighted by Gasteiger charge is -2.24. The number of benzene rings is 1. The molecule has 0 aromatic heterocycles. The maximum Gasteiger partial charge on any atom is 0.146 e. The topological polar surface area (TPSA) is 32.5 Å². The fraction of sp³-hybridized carbons (Fsp3) is 0.600. The number of anilines is 1. The first-order valence-corrected chi connectivity index (χ1v) is 7.06. The van der Waals surface area contributed by atoms with E-state index < -0.39 is 0 Å². The SMILES string of the molecule is C[C@@H](N)c1ccc(N(C)CCN2CCCC2)c(F)c1. The van der Waals surface area contributed by atoms with Crippen LogP contribution in [0.25, 0.3) is 0 Å². The van der Waals surface area contributed by atoms with Gasteiger partial charge in [0.2, 0.25) is 0 Å². The maximum absolute atomic E-state index is 14.1. The Morgan fingerprint density at radius 1 is 1.37 bits per heavy atom. The molecule has 0 amide bonds. The Hall–Kier alpha value is -1.13. The highest BCUT2D eigenvalue weighted by Crippen LogP contribution is 2.22. The zero-order chi connectivity index (χ0) is 13.8. The number of nitrogens with zero attached hydrogens (tertiary/aromatic N) is 2. The summed E-state index contributed by atoms with van der Waals surface area (Å²) in [4.78, 5) is 4.42. The van der Waals surface area contributed by atoms with Gasteiger partial charge in [-0.25, -0.2) is 4.39 Å². The molecule has 19 heavy (non-hydrogen) atoms. The summed E-state index contributed by atoms with van der Waals surface area (Å²) in [6, 6.07) is 5.17. The number of nitrogens with two attached hydrogens (primary N) is 1. The zero-order valence-electron chi connectivity index (χ0n) is 11.9. The van der Waals surface area contributed by atoms with Crippen molar-refractivity contribution in [2.45, 2.75) is 25.8 Å². The Labute approximate surface area is 115 Å². The number of rotatable bonds is 5. The molecule has 0 radical (unpaired) electrons. The van der Waals surface area contributed by atoms with Gasteiger partial charge >= 0.3 is 0 Å². The number of halogens is 1. The summed E-state index contributed by atoms with van der Waals surface area (Å²) in [5.41, 5.74) is 7.26. The van der Waals surface area contributed by atoms with Gasteiger partial charge in [-0.2, -0.15) is 0 Å². The molecule has 0 spiro atoms. The van der Waals surface area contributed by atoms with E-state index >= 15 is 0 Å². The molecule has 1 aromatic carbocycles. The minimum atomic E-state index is -0.182. The van der Waals surface area contributed by atoms with E-state index in [2.05, 4.69) is 4.90 Å². The normalized spacial score (nSPS) is 17.7. The van der Waals surface area contributed by atoms with Crippen LogP contribution in [0.4, 0.5) is 10.1 Å². The Balaban J connectivity index is 1.96. The van der Waals surface area contributed by atoms with E-state index in [1.807, 2.05) is 31.0 Å². The lowest BCUT2D eigenvalue weighted by molar-refractivity contribution is 0.346. The summed E-state index contributed by atoms with van der Waals surface area (Å²) < 4.78 is 14.1. The number of likely N-dealkylation sites (tertiary alicyclic amines) is 1. The molecule has 2 rings (SSSR count). The van der Waals surface area contributed by atoms with Crippen LogP contribution < -0.4 is 10.6 Å². The number of likely N-dealkylation sites (N-methyl/N-ethyl adjacent to an activating group) is 1. The van der Waals surface area contributed by atoms with Crippen LogP contribution in [-0.4, -0.2) is 38.1 Å². The molecule has 0 saturated carbocycles. The van der Waals surface area contributed by atoms with Crippen molar-refractivity contribution in [1.29, 1.82) is 0 Å². The van der Waals surface area contributed by atoms with Crippen molar-refractivity contribution in [2.75, 3.05) is 38.1 Å². The third-order valence-corrected chi connectivity index (χ3v) is 3.86. The fourth-order valence-corrected chi connectivity index (χ4v) is 2.53. The van der Waals surface area contributed by atoms with Crippen LogP contribution in [0.5, 0.6) is 0 Å². The molecule has 1 aromatic rings. The molecule has 1 aliphatic heterocycles. The van der Waals surface area contributed by atoms with Crippen LogP contribution in [0.1, 0.15) is 31.4 Å². The van der Waals surface area contributed by atoms with Gasteiger partial charge < -0.3 is 15.5 Å². The highest BCUT2D eigenvalue weighted by atomic mass is 19.1. The fourth-order valence-electron chi connectivity index (χ4n) is 2.53. The van der Waals surface area contributed by atoms with Gasteiger partial charge in [0.15, 0.2) is 0 Å². The van der Waals surface area contributed by atoms with Crippen LogP contribution >= 0.6 is 0 Å². The molecule has 4 heteroatoms. The molecule has 1 saturated heterocycles. The standard InChI is InChI=1S/C15H24FN3/c1-12(17)13-5-6-15(14(16)11-13)18(2)9-10-19-7-3-4-8-19/h5-6,11-12H,3-4,7-10,17H2,1-2H3/t12-/m1/s1. The second-order valence-electron chi connectivity index (χ2n) is 5.47. The van der Waals surface area contributed by atoms with Crippen LogP contribution in [0.15, 0.2) is 18.2 Å². The Bertz CT molecular complexity index is 414. The monoisotopic (exact) mass is 265 g/mol. The van der Waals surface area contributed by atoms with Crippen LogP contribution in [0.3, 0.4) is 0 Å². The van der Waals surface area contributed by atoms with Crippen LogP contribution in [0.2, 0.25) is 0 Å². The number of hydrogen-bond acceptors (Lipinski definition) is 3. The second kappa shape index (κ2) is 6.35. The highest BCUT2D eigenvalue weighted by Gasteiger charge is 2.14.